The lowest BCUT2D eigenvalue weighted by molar-refractivity contribution is -0.139. The smallest absolute Gasteiger partial charge is 0.261 e. The van der Waals surface area contributed by atoms with E-state index in [-0.39, 0.29) is 36.5 Å². The fraction of sp³-hybridized carbons (Fsp3) is 0.391. The normalized spacial score (nSPS) is 21.4. The Hall–Kier alpha value is -3.40. The number of benzene rings is 2. The first-order valence-electron chi connectivity index (χ1n) is 11.2. The number of halogens is 2. The van der Waals surface area contributed by atoms with E-state index in [0.717, 1.165) is 31.2 Å². The Kier molecular flexibility index (Phi) is 6.48. The molecule has 5 rings (SSSR count). The number of anilines is 1. The SMILES string of the molecule is O=C(COc1ccc(Cl)cc1CNc1nnn[nH]1)N1[C@@H]2CC[C@H]1CC(Oc1ccc(F)cc1)C2. The van der Waals surface area contributed by atoms with Crippen LogP contribution in [0.1, 0.15) is 31.2 Å². The molecule has 2 saturated heterocycles. The van der Waals surface area contributed by atoms with E-state index in [2.05, 4.69) is 25.9 Å². The summed E-state index contributed by atoms with van der Waals surface area (Å²) in [5, 5.41) is 17.1. The van der Waals surface area contributed by atoms with Crippen molar-refractivity contribution in [2.24, 2.45) is 0 Å². The first-order valence-corrected chi connectivity index (χ1v) is 11.5. The van der Waals surface area contributed by atoms with Gasteiger partial charge in [0.05, 0.1) is 0 Å². The number of carbonyl (C=O) groups is 1. The monoisotopic (exact) mass is 486 g/mol. The van der Waals surface area contributed by atoms with Crippen molar-refractivity contribution in [2.75, 3.05) is 11.9 Å². The minimum Gasteiger partial charge on any atom is -0.490 e. The van der Waals surface area contributed by atoms with Crippen LogP contribution in [0.15, 0.2) is 42.5 Å². The van der Waals surface area contributed by atoms with E-state index in [1.54, 1.807) is 30.3 Å². The molecule has 2 aromatic carbocycles. The first kappa shape index (κ1) is 22.4. The predicted molar refractivity (Wildman–Crippen MR) is 122 cm³/mol. The minimum absolute atomic E-state index is 0.00690. The number of tetrazole rings is 1. The summed E-state index contributed by atoms with van der Waals surface area (Å²) in [5.74, 6) is 1.31. The van der Waals surface area contributed by atoms with Crippen LogP contribution in [0.5, 0.6) is 11.5 Å². The third-order valence-electron chi connectivity index (χ3n) is 6.26. The average molecular weight is 487 g/mol. The lowest BCUT2D eigenvalue weighted by Gasteiger charge is -2.38. The van der Waals surface area contributed by atoms with Gasteiger partial charge in [-0.1, -0.05) is 16.7 Å². The zero-order valence-corrected chi connectivity index (χ0v) is 19.0. The van der Waals surface area contributed by atoms with Crippen molar-refractivity contribution in [2.45, 2.75) is 50.4 Å². The number of piperidine rings is 1. The molecular formula is C23H24ClFN6O3. The molecule has 2 aliphatic heterocycles. The molecule has 1 aromatic heterocycles. The van der Waals surface area contributed by atoms with Crippen LogP contribution in [-0.2, 0) is 11.3 Å². The molecule has 0 saturated carbocycles. The van der Waals surface area contributed by atoms with Crippen LogP contribution >= 0.6 is 11.6 Å². The van der Waals surface area contributed by atoms with Gasteiger partial charge in [-0.05, 0) is 65.7 Å². The molecule has 2 N–H and O–H groups in total. The number of hydrogen-bond acceptors (Lipinski definition) is 7. The maximum absolute atomic E-state index is 13.2. The second-order valence-corrected chi connectivity index (χ2v) is 8.93. The molecule has 0 radical (unpaired) electrons. The molecule has 2 bridgehead atoms. The average Bonchev–Trinajstić information content (AvgIpc) is 3.44. The fourth-order valence-electron chi connectivity index (χ4n) is 4.79. The third-order valence-corrected chi connectivity index (χ3v) is 6.49. The zero-order valence-electron chi connectivity index (χ0n) is 18.3. The largest absolute Gasteiger partial charge is 0.490 e. The van der Waals surface area contributed by atoms with Gasteiger partial charge in [0.2, 0.25) is 5.95 Å². The minimum atomic E-state index is -0.289. The molecule has 11 heteroatoms. The summed E-state index contributed by atoms with van der Waals surface area (Å²) in [4.78, 5) is 15.1. The Labute approximate surface area is 200 Å². The number of ether oxygens (including phenoxy) is 2. The van der Waals surface area contributed by atoms with Gasteiger partial charge in [0.25, 0.3) is 5.91 Å². The van der Waals surface area contributed by atoms with Crippen molar-refractivity contribution in [3.05, 3.63) is 58.9 Å². The highest BCUT2D eigenvalue weighted by molar-refractivity contribution is 6.30. The molecule has 34 heavy (non-hydrogen) atoms. The van der Waals surface area contributed by atoms with Crippen LogP contribution < -0.4 is 14.8 Å². The van der Waals surface area contributed by atoms with Crippen LogP contribution in [0.2, 0.25) is 5.02 Å². The third kappa shape index (κ3) is 5.06. The molecule has 2 fully saturated rings. The van der Waals surface area contributed by atoms with Gasteiger partial charge in [0, 0.05) is 42.1 Å². The Balaban J connectivity index is 1.18. The molecule has 3 heterocycles. The van der Waals surface area contributed by atoms with Crippen LogP contribution in [0, 0.1) is 5.82 Å². The molecular weight excluding hydrogens is 463 g/mol. The van der Waals surface area contributed by atoms with E-state index in [9.17, 15) is 9.18 Å². The number of nitrogens with zero attached hydrogens (tertiary/aromatic N) is 4. The van der Waals surface area contributed by atoms with Crippen LogP contribution in [0.25, 0.3) is 0 Å². The number of H-pyrrole nitrogens is 1. The van der Waals surface area contributed by atoms with Crippen molar-refractivity contribution < 1.29 is 18.7 Å². The van der Waals surface area contributed by atoms with Crippen molar-refractivity contribution in [3.8, 4) is 11.5 Å². The van der Waals surface area contributed by atoms with Gasteiger partial charge in [-0.2, -0.15) is 0 Å². The van der Waals surface area contributed by atoms with E-state index in [0.29, 0.717) is 29.0 Å². The van der Waals surface area contributed by atoms with E-state index >= 15 is 0 Å². The number of nitrogens with one attached hydrogen (secondary N) is 2. The molecule has 2 aliphatic rings. The molecule has 1 unspecified atom stereocenters. The van der Waals surface area contributed by atoms with Gasteiger partial charge in [-0.25, -0.2) is 9.49 Å². The van der Waals surface area contributed by atoms with Crippen LogP contribution in [-0.4, -0.2) is 56.2 Å². The van der Waals surface area contributed by atoms with E-state index in [1.807, 2.05) is 4.90 Å². The number of amides is 1. The lowest BCUT2D eigenvalue weighted by atomic mass is 9.99. The van der Waals surface area contributed by atoms with Gasteiger partial charge >= 0.3 is 0 Å². The molecule has 178 valence electrons. The van der Waals surface area contributed by atoms with Crippen molar-refractivity contribution in [3.63, 3.8) is 0 Å². The highest BCUT2D eigenvalue weighted by atomic mass is 35.5. The van der Waals surface area contributed by atoms with E-state index < -0.39 is 0 Å². The van der Waals surface area contributed by atoms with Gasteiger partial charge in [0.15, 0.2) is 6.61 Å². The Morgan fingerprint density at radius 1 is 1.18 bits per heavy atom. The van der Waals surface area contributed by atoms with Gasteiger partial charge in [-0.15, -0.1) is 0 Å². The molecule has 3 atom stereocenters. The molecule has 3 aromatic rings. The Bertz CT molecular complexity index is 1120. The van der Waals surface area contributed by atoms with Crippen LogP contribution in [0.4, 0.5) is 10.3 Å². The number of aromatic amines is 1. The standard InChI is InChI=1S/C23H24ClFN6O3/c24-15-1-8-21(14(9-15)12-26-23-27-29-30-28-23)33-13-22(32)31-17-4-5-18(31)11-20(10-17)34-19-6-2-16(25)3-7-19/h1-3,6-9,17-18,20H,4-5,10-13H2,(H2,26,27,28,29,30)/t17-,18+,20?. The quantitative estimate of drug-likeness (QED) is 0.501. The van der Waals surface area contributed by atoms with Gasteiger partial charge < -0.3 is 19.7 Å². The van der Waals surface area contributed by atoms with Crippen LogP contribution in [0.3, 0.4) is 0 Å². The summed E-state index contributed by atoms with van der Waals surface area (Å²) in [5.41, 5.74) is 0.783. The maximum Gasteiger partial charge on any atom is 0.261 e. The summed E-state index contributed by atoms with van der Waals surface area (Å²) >= 11 is 6.15. The van der Waals surface area contributed by atoms with Crippen molar-refractivity contribution in [1.29, 1.82) is 0 Å². The number of hydrogen-bond donors (Lipinski definition) is 2. The Morgan fingerprint density at radius 2 is 1.94 bits per heavy atom. The molecule has 9 nitrogen and oxygen atoms in total. The summed E-state index contributed by atoms with van der Waals surface area (Å²) in [6, 6.07) is 11.5. The first-order chi connectivity index (χ1) is 16.5. The number of aromatic nitrogens is 4. The Morgan fingerprint density at radius 3 is 2.65 bits per heavy atom. The summed E-state index contributed by atoms with van der Waals surface area (Å²) in [6.07, 6.45) is 3.40. The maximum atomic E-state index is 13.2. The summed E-state index contributed by atoms with van der Waals surface area (Å²) < 4.78 is 25.1. The molecule has 0 spiro atoms. The van der Waals surface area contributed by atoms with E-state index in [4.69, 9.17) is 21.1 Å². The molecule has 0 aliphatic carbocycles. The second kappa shape index (κ2) is 9.84. The number of fused-ring (bicyclic) bond motifs is 2. The highest BCUT2D eigenvalue weighted by Gasteiger charge is 2.44. The molecule has 1 amide bonds. The van der Waals surface area contributed by atoms with Gasteiger partial charge in [-0.3, -0.25) is 4.79 Å². The van der Waals surface area contributed by atoms with Crippen molar-refractivity contribution >= 4 is 23.5 Å². The second-order valence-electron chi connectivity index (χ2n) is 8.50. The number of carbonyl (C=O) groups excluding carboxylic acids is 1. The number of rotatable bonds is 8. The summed E-state index contributed by atoms with van der Waals surface area (Å²) in [6.45, 7) is 0.313. The fourth-order valence-corrected chi connectivity index (χ4v) is 4.98. The highest BCUT2D eigenvalue weighted by Crippen LogP contribution is 2.37. The van der Waals surface area contributed by atoms with E-state index in [1.165, 1.54) is 12.1 Å². The lowest BCUT2D eigenvalue weighted by Crippen LogP contribution is -2.50. The topological polar surface area (TPSA) is 105 Å². The summed E-state index contributed by atoms with van der Waals surface area (Å²) in [7, 11) is 0. The van der Waals surface area contributed by atoms with Gasteiger partial charge in [0.1, 0.15) is 23.4 Å². The van der Waals surface area contributed by atoms with Crippen molar-refractivity contribution in [1.82, 2.24) is 25.5 Å². The zero-order chi connectivity index (χ0) is 23.5. The predicted octanol–water partition coefficient (Wildman–Crippen LogP) is 3.58.